The third-order valence-electron chi connectivity index (χ3n) is 3.96. The molecule has 1 aliphatic heterocycles. The Hall–Kier alpha value is -1.89. The Morgan fingerprint density at radius 2 is 2.13 bits per heavy atom. The molecule has 3 unspecified atom stereocenters. The fourth-order valence-electron chi connectivity index (χ4n) is 2.70. The maximum Gasteiger partial charge on any atom is 0.412 e. The lowest BCUT2D eigenvalue weighted by atomic mass is 9.95. The molecule has 1 heterocycles. The normalized spacial score (nSPS) is 27.7. The number of carboxylic acid groups (broad SMARTS) is 1. The first-order chi connectivity index (χ1) is 10.9. The standard InChI is InChI=1S/C16H22F2N2O3/c1-3-8-23-12-6-4-11(5-7-12)9-13-16(2,18)20(15(21)22)14(17)10-19-13/h4-7,13-14,19H,3,8-10H2,1-2H3,(H,21,22). The minimum Gasteiger partial charge on any atom is -0.494 e. The molecule has 1 aromatic carbocycles. The van der Waals surface area contributed by atoms with Gasteiger partial charge in [0, 0.05) is 6.54 Å². The van der Waals surface area contributed by atoms with Crippen molar-refractivity contribution in [1.29, 1.82) is 0 Å². The second kappa shape index (κ2) is 7.12. The van der Waals surface area contributed by atoms with E-state index in [1.54, 1.807) is 24.3 Å². The second-order valence-corrected chi connectivity index (χ2v) is 5.77. The fourth-order valence-corrected chi connectivity index (χ4v) is 2.70. The van der Waals surface area contributed by atoms with Crippen molar-refractivity contribution in [2.24, 2.45) is 0 Å². The Labute approximate surface area is 134 Å². The summed E-state index contributed by atoms with van der Waals surface area (Å²) >= 11 is 0. The van der Waals surface area contributed by atoms with E-state index in [4.69, 9.17) is 9.84 Å². The molecule has 0 bridgehead atoms. The van der Waals surface area contributed by atoms with Gasteiger partial charge in [0.05, 0.1) is 12.6 Å². The molecule has 2 N–H and O–H groups in total. The Kier molecular flexibility index (Phi) is 5.41. The summed E-state index contributed by atoms with van der Waals surface area (Å²) in [6, 6.07) is 6.35. The van der Waals surface area contributed by atoms with E-state index in [0.717, 1.165) is 24.7 Å². The molecule has 0 radical (unpaired) electrons. The zero-order valence-electron chi connectivity index (χ0n) is 13.3. The number of rotatable bonds is 5. The zero-order valence-corrected chi connectivity index (χ0v) is 13.3. The summed E-state index contributed by atoms with van der Waals surface area (Å²) in [5.41, 5.74) is 0.817. The van der Waals surface area contributed by atoms with Crippen molar-refractivity contribution in [3.63, 3.8) is 0 Å². The number of alkyl halides is 2. The molecule has 1 aromatic rings. The van der Waals surface area contributed by atoms with Crippen LogP contribution in [0.25, 0.3) is 0 Å². The van der Waals surface area contributed by atoms with Crippen molar-refractivity contribution in [3.8, 4) is 5.75 Å². The average Bonchev–Trinajstić information content (AvgIpc) is 2.48. The van der Waals surface area contributed by atoms with Gasteiger partial charge in [0.25, 0.3) is 0 Å². The number of piperazine rings is 1. The van der Waals surface area contributed by atoms with Crippen LogP contribution in [0.15, 0.2) is 24.3 Å². The minimum absolute atomic E-state index is 0.228. The van der Waals surface area contributed by atoms with Gasteiger partial charge >= 0.3 is 6.09 Å². The molecule has 0 saturated carbocycles. The third-order valence-corrected chi connectivity index (χ3v) is 3.96. The Morgan fingerprint density at radius 3 is 2.70 bits per heavy atom. The monoisotopic (exact) mass is 328 g/mol. The van der Waals surface area contributed by atoms with E-state index in [0.29, 0.717) is 6.61 Å². The van der Waals surface area contributed by atoms with Crippen LogP contribution in [0, 0.1) is 0 Å². The minimum atomic E-state index is -2.33. The number of ether oxygens (including phenoxy) is 1. The van der Waals surface area contributed by atoms with Crippen LogP contribution in [-0.4, -0.2) is 47.4 Å². The molecule has 128 valence electrons. The van der Waals surface area contributed by atoms with E-state index in [1.165, 1.54) is 0 Å². The highest BCUT2D eigenvalue weighted by molar-refractivity contribution is 5.66. The van der Waals surface area contributed by atoms with Crippen LogP contribution in [0.2, 0.25) is 0 Å². The lowest BCUT2D eigenvalue weighted by Gasteiger charge is -2.45. The maximum atomic E-state index is 14.9. The molecule has 23 heavy (non-hydrogen) atoms. The fraction of sp³-hybridized carbons (Fsp3) is 0.562. The summed E-state index contributed by atoms with van der Waals surface area (Å²) in [5, 5.41) is 11.8. The van der Waals surface area contributed by atoms with E-state index in [2.05, 4.69) is 5.32 Å². The van der Waals surface area contributed by atoms with Crippen LogP contribution in [0.5, 0.6) is 5.75 Å². The summed E-state index contributed by atoms with van der Waals surface area (Å²) in [6.45, 7) is 3.49. The molecular weight excluding hydrogens is 306 g/mol. The topological polar surface area (TPSA) is 61.8 Å². The van der Waals surface area contributed by atoms with Crippen LogP contribution < -0.4 is 10.1 Å². The third kappa shape index (κ3) is 3.90. The number of amides is 1. The van der Waals surface area contributed by atoms with E-state index in [9.17, 15) is 13.6 Å². The van der Waals surface area contributed by atoms with Gasteiger partial charge in [0.2, 0.25) is 5.79 Å². The highest BCUT2D eigenvalue weighted by Gasteiger charge is 2.50. The van der Waals surface area contributed by atoms with Crippen LogP contribution in [0.3, 0.4) is 0 Å². The number of benzene rings is 1. The molecule has 1 fully saturated rings. The predicted octanol–water partition coefficient (Wildman–Crippen LogP) is 2.95. The highest BCUT2D eigenvalue weighted by Crippen LogP contribution is 2.30. The predicted molar refractivity (Wildman–Crippen MR) is 82.0 cm³/mol. The van der Waals surface area contributed by atoms with E-state index < -0.39 is 24.2 Å². The largest absolute Gasteiger partial charge is 0.494 e. The van der Waals surface area contributed by atoms with E-state index >= 15 is 0 Å². The molecule has 2 rings (SSSR count). The lowest BCUT2D eigenvalue weighted by Crippen LogP contribution is -2.68. The van der Waals surface area contributed by atoms with Crippen LogP contribution in [-0.2, 0) is 6.42 Å². The number of nitrogens with one attached hydrogen (secondary N) is 1. The van der Waals surface area contributed by atoms with Gasteiger partial charge in [-0.2, -0.15) is 0 Å². The smallest absolute Gasteiger partial charge is 0.412 e. The van der Waals surface area contributed by atoms with Crippen molar-refractivity contribution < 1.29 is 23.4 Å². The van der Waals surface area contributed by atoms with Crippen molar-refractivity contribution >= 4 is 6.09 Å². The second-order valence-electron chi connectivity index (χ2n) is 5.77. The van der Waals surface area contributed by atoms with Gasteiger partial charge in [-0.05, 0) is 37.5 Å². The molecular formula is C16H22F2N2O3. The summed E-state index contributed by atoms with van der Waals surface area (Å²) < 4.78 is 34.0. The summed E-state index contributed by atoms with van der Waals surface area (Å²) in [7, 11) is 0. The van der Waals surface area contributed by atoms with Crippen LogP contribution in [0.4, 0.5) is 13.6 Å². The van der Waals surface area contributed by atoms with Gasteiger partial charge in [-0.25, -0.2) is 18.5 Å². The van der Waals surface area contributed by atoms with Gasteiger partial charge < -0.3 is 15.2 Å². The van der Waals surface area contributed by atoms with Gasteiger partial charge in [-0.3, -0.25) is 0 Å². The molecule has 1 aliphatic rings. The maximum absolute atomic E-state index is 14.9. The molecule has 0 aromatic heterocycles. The van der Waals surface area contributed by atoms with Gasteiger partial charge in [-0.15, -0.1) is 0 Å². The highest BCUT2D eigenvalue weighted by atomic mass is 19.2. The lowest BCUT2D eigenvalue weighted by molar-refractivity contribution is -0.114. The van der Waals surface area contributed by atoms with Crippen molar-refractivity contribution in [2.75, 3.05) is 13.2 Å². The average molecular weight is 328 g/mol. The van der Waals surface area contributed by atoms with Crippen molar-refractivity contribution in [2.45, 2.75) is 44.8 Å². The quantitative estimate of drug-likeness (QED) is 0.816. The summed E-state index contributed by atoms with van der Waals surface area (Å²) in [5.74, 6) is -1.60. The number of nitrogens with zero attached hydrogens (tertiary/aromatic N) is 1. The first-order valence-corrected chi connectivity index (χ1v) is 7.66. The van der Waals surface area contributed by atoms with E-state index in [1.807, 2.05) is 6.92 Å². The Balaban J connectivity index is 2.08. The van der Waals surface area contributed by atoms with Crippen LogP contribution in [0.1, 0.15) is 25.8 Å². The zero-order chi connectivity index (χ0) is 17.0. The van der Waals surface area contributed by atoms with Crippen molar-refractivity contribution in [1.82, 2.24) is 10.2 Å². The molecule has 1 amide bonds. The molecule has 5 nitrogen and oxygen atoms in total. The molecule has 7 heteroatoms. The summed E-state index contributed by atoms with van der Waals surface area (Å²) in [4.78, 5) is 11.4. The number of carbonyl (C=O) groups is 1. The SMILES string of the molecule is CCCOc1ccc(CC2NCC(F)N(C(=O)O)C2(C)F)cc1. The van der Waals surface area contributed by atoms with Crippen molar-refractivity contribution in [3.05, 3.63) is 29.8 Å². The molecule has 3 atom stereocenters. The Morgan fingerprint density at radius 1 is 1.48 bits per heavy atom. The molecule has 1 saturated heterocycles. The van der Waals surface area contributed by atoms with E-state index in [-0.39, 0.29) is 17.9 Å². The number of hydrogen-bond acceptors (Lipinski definition) is 3. The molecule has 0 spiro atoms. The first kappa shape index (κ1) is 17.5. The van der Waals surface area contributed by atoms with Gasteiger partial charge in [-0.1, -0.05) is 19.1 Å². The molecule has 0 aliphatic carbocycles. The van der Waals surface area contributed by atoms with Crippen LogP contribution >= 0.6 is 0 Å². The number of hydrogen-bond donors (Lipinski definition) is 2. The number of halogens is 2. The summed E-state index contributed by atoms with van der Waals surface area (Å²) in [6.07, 6.45) is -2.35. The van der Waals surface area contributed by atoms with Gasteiger partial charge in [0.15, 0.2) is 6.30 Å². The van der Waals surface area contributed by atoms with Gasteiger partial charge in [0.1, 0.15) is 5.75 Å². The first-order valence-electron chi connectivity index (χ1n) is 7.66. The Bertz CT molecular complexity index is 537.